The van der Waals surface area contributed by atoms with Gasteiger partial charge in [0.1, 0.15) is 0 Å². The number of hydrogen-bond acceptors (Lipinski definition) is 2. The predicted molar refractivity (Wildman–Crippen MR) is 75.8 cm³/mol. The molecule has 1 unspecified atom stereocenters. The highest BCUT2D eigenvalue weighted by Gasteiger charge is 2.18. The Morgan fingerprint density at radius 2 is 1.80 bits per heavy atom. The standard InChI is InChI=1S/C16H23F2NO/c1-11(19)7-13-8-14(17)16(15(18)9-13)20-10-12-5-3-2-4-6-12/h8-9,11-12H,2-7,10,19H2,1H3. The molecule has 2 rings (SSSR count). The van der Waals surface area contributed by atoms with Crippen molar-refractivity contribution < 1.29 is 13.5 Å². The molecule has 2 nitrogen and oxygen atoms in total. The Morgan fingerprint density at radius 3 is 2.35 bits per heavy atom. The molecular weight excluding hydrogens is 260 g/mol. The van der Waals surface area contributed by atoms with Gasteiger partial charge in [0.2, 0.25) is 0 Å². The number of benzene rings is 1. The molecule has 0 aromatic heterocycles. The minimum atomic E-state index is -0.628. The first-order chi connectivity index (χ1) is 9.56. The molecule has 0 bridgehead atoms. The predicted octanol–water partition coefficient (Wildman–Crippen LogP) is 3.81. The molecule has 112 valence electrons. The minimum absolute atomic E-state index is 0.122. The van der Waals surface area contributed by atoms with Crippen molar-refractivity contribution in [2.45, 2.75) is 51.5 Å². The summed E-state index contributed by atoms with van der Waals surface area (Å²) < 4.78 is 33.2. The highest BCUT2D eigenvalue weighted by Crippen LogP contribution is 2.28. The van der Waals surface area contributed by atoms with E-state index in [0.29, 0.717) is 24.5 Å². The Hall–Kier alpha value is -1.16. The van der Waals surface area contributed by atoms with Crippen LogP contribution in [0.1, 0.15) is 44.6 Å². The Balaban J connectivity index is 2.00. The molecule has 1 saturated carbocycles. The van der Waals surface area contributed by atoms with Crippen molar-refractivity contribution in [3.8, 4) is 5.75 Å². The van der Waals surface area contributed by atoms with Crippen LogP contribution in [0.3, 0.4) is 0 Å². The molecule has 0 spiro atoms. The van der Waals surface area contributed by atoms with Crippen LogP contribution in [0.5, 0.6) is 5.75 Å². The van der Waals surface area contributed by atoms with Crippen LogP contribution in [0.2, 0.25) is 0 Å². The van der Waals surface area contributed by atoms with E-state index in [4.69, 9.17) is 10.5 Å². The smallest absolute Gasteiger partial charge is 0.190 e. The summed E-state index contributed by atoms with van der Waals surface area (Å²) in [5.74, 6) is -1.08. The van der Waals surface area contributed by atoms with Gasteiger partial charge in [-0.2, -0.15) is 0 Å². The van der Waals surface area contributed by atoms with E-state index >= 15 is 0 Å². The van der Waals surface area contributed by atoms with Gasteiger partial charge in [-0.15, -0.1) is 0 Å². The van der Waals surface area contributed by atoms with Crippen molar-refractivity contribution in [1.29, 1.82) is 0 Å². The lowest BCUT2D eigenvalue weighted by atomic mass is 9.90. The maximum atomic E-state index is 13.9. The van der Waals surface area contributed by atoms with E-state index in [1.54, 1.807) is 0 Å². The van der Waals surface area contributed by atoms with Crippen LogP contribution in [0.4, 0.5) is 8.78 Å². The molecule has 4 heteroatoms. The van der Waals surface area contributed by atoms with Gasteiger partial charge in [-0.25, -0.2) is 8.78 Å². The largest absolute Gasteiger partial charge is 0.487 e. The van der Waals surface area contributed by atoms with Gasteiger partial charge in [-0.3, -0.25) is 0 Å². The molecule has 0 aliphatic heterocycles. The third-order valence-electron chi connectivity index (χ3n) is 3.80. The first kappa shape index (κ1) is 15.2. The molecule has 1 atom stereocenters. The van der Waals surface area contributed by atoms with E-state index in [9.17, 15) is 8.78 Å². The maximum absolute atomic E-state index is 13.9. The molecule has 2 N–H and O–H groups in total. The lowest BCUT2D eigenvalue weighted by Gasteiger charge is -2.22. The van der Waals surface area contributed by atoms with Gasteiger partial charge in [-0.05, 0) is 49.8 Å². The quantitative estimate of drug-likeness (QED) is 0.891. The third kappa shape index (κ3) is 4.17. The highest BCUT2D eigenvalue weighted by molar-refractivity contribution is 5.31. The minimum Gasteiger partial charge on any atom is -0.487 e. The second-order valence-corrected chi connectivity index (χ2v) is 5.89. The second-order valence-electron chi connectivity index (χ2n) is 5.89. The van der Waals surface area contributed by atoms with E-state index in [0.717, 1.165) is 12.8 Å². The maximum Gasteiger partial charge on any atom is 0.190 e. The van der Waals surface area contributed by atoms with Crippen molar-refractivity contribution in [2.75, 3.05) is 6.61 Å². The zero-order chi connectivity index (χ0) is 14.5. The summed E-state index contributed by atoms with van der Waals surface area (Å²) in [7, 11) is 0. The topological polar surface area (TPSA) is 35.2 Å². The van der Waals surface area contributed by atoms with E-state index in [1.807, 2.05) is 6.92 Å². The molecular formula is C16H23F2NO. The average Bonchev–Trinajstić information content (AvgIpc) is 2.38. The second kappa shape index (κ2) is 7.02. The molecule has 0 heterocycles. The Labute approximate surface area is 119 Å². The van der Waals surface area contributed by atoms with E-state index in [2.05, 4.69) is 0 Å². The van der Waals surface area contributed by atoms with Gasteiger partial charge in [0.05, 0.1) is 6.61 Å². The van der Waals surface area contributed by atoms with E-state index < -0.39 is 11.6 Å². The fourth-order valence-corrected chi connectivity index (χ4v) is 2.79. The van der Waals surface area contributed by atoms with Crippen molar-refractivity contribution in [2.24, 2.45) is 11.7 Å². The summed E-state index contributed by atoms with van der Waals surface area (Å²) in [5.41, 5.74) is 6.21. The number of halogens is 2. The number of nitrogens with two attached hydrogens (primary N) is 1. The number of hydrogen-bond donors (Lipinski definition) is 1. The van der Waals surface area contributed by atoms with Gasteiger partial charge in [0.15, 0.2) is 17.4 Å². The highest BCUT2D eigenvalue weighted by atomic mass is 19.1. The summed E-state index contributed by atoms with van der Waals surface area (Å²) in [6, 6.07) is 2.52. The van der Waals surface area contributed by atoms with E-state index in [-0.39, 0.29) is 11.8 Å². The van der Waals surface area contributed by atoms with Crippen LogP contribution in [0.25, 0.3) is 0 Å². The fourth-order valence-electron chi connectivity index (χ4n) is 2.79. The molecule has 1 fully saturated rings. The first-order valence-electron chi connectivity index (χ1n) is 7.42. The molecule has 0 saturated heterocycles. The first-order valence-corrected chi connectivity index (χ1v) is 7.42. The fraction of sp³-hybridized carbons (Fsp3) is 0.625. The average molecular weight is 283 g/mol. The Morgan fingerprint density at radius 1 is 1.20 bits per heavy atom. The SMILES string of the molecule is CC(N)Cc1cc(F)c(OCC2CCCCC2)c(F)c1. The summed E-state index contributed by atoms with van der Waals surface area (Å²) in [6.45, 7) is 2.21. The lowest BCUT2D eigenvalue weighted by molar-refractivity contribution is 0.195. The van der Waals surface area contributed by atoms with Gasteiger partial charge in [-0.1, -0.05) is 19.3 Å². The van der Waals surface area contributed by atoms with Gasteiger partial charge in [0.25, 0.3) is 0 Å². The Kier molecular flexibility index (Phi) is 5.35. The van der Waals surface area contributed by atoms with Crippen LogP contribution in [0.15, 0.2) is 12.1 Å². The van der Waals surface area contributed by atoms with Crippen LogP contribution in [0, 0.1) is 17.6 Å². The third-order valence-corrected chi connectivity index (χ3v) is 3.80. The molecule has 1 aliphatic carbocycles. The normalized spacial score (nSPS) is 18.0. The zero-order valence-corrected chi connectivity index (χ0v) is 12.0. The van der Waals surface area contributed by atoms with Crippen molar-refractivity contribution in [3.05, 3.63) is 29.3 Å². The van der Waals surface area contributed by atoms with Gasteiger partial charge < -0.3 is 10.5 Å². The molecule has 0 radical (unpaired) electrons. The summed E-state index contributed by atoms with van der Waals surface area (Å²) in [5, 5.41) is 0. The van der Waals surface area contributed by atoms with Crippen LogP contribution in [-0.2, 0) is 6.42 Å². The molecule has 1 aliphatic rings. The molecule has 1 aromatic rings. The van der Waals surface area contributed by atoms with Crippen molar-refractivity contribution in [1.82, 2.24) is 0 Å². The lowest BCUT2D eigenvalue weighted by Crippen LogP contribution is -2.18. The molecule has 1 aromatic carbocycles. The van der Waals surface area contributed by atoms with Crippen molar-refractivity contribution in [3.63, 3.8) is 0 Å². The summed E-state index contributed by atoms with van der Waals surface area (Å²) >= 11 is 0. The van der Waals surface area contributed by atoms with Crippen LogP contribution < -0.4 is 10.5 Å². The molecule has 20 heavy (non-hydrogen) atoms. The summed E-state index contributed by atoms with van der Waals surface area (Å²) in [6.07, 6.45) is 6.26. The zero-order valence-electron chi connectivity index (χ0n) is 12.0. The monoisotopic (exact) mass is 283 g/mol. The van der Waals surface area contributed by atoms with Gasteiger partial charge >= 0.3 is 0 Å². The van der Waals surface area contributed by atoms with Crippen LogP contribution in [-0.4, -0.2) is 12.6 Å². The summed E-state index contributed by atoms with van der Waals surface area (Å²) in [4.78, 5) is 0. The number of rotatable bonds is 5. The Bertz CT molecular complexity index is 419. The van der Waals surface area contributed by atoms with E-state index in [1.165, 1.54) is 31.4 Å². The van der Waals surface area contributed by atoms with Crippen LogP contribution >= 0.6 is 0 Å². The molecule has 0 amide bonds. The number of ether oxygens (including phenoxy) is 1. The van der Waals surface area contributed by atoms with Gasteiger partial charge in [0, 0.05) is 6.04 Å². The van der Waals surface area contributed by atoms with Crippen molar-refractivity contribution >= 4 is 0 Å².